The van der Waals surface area contributed by atoms with E-state index in [1.165, 1.54) is 11.1 Å². The highest BCUT2D eigenvalue weighted by Crippen LogP contribution is 2.36. The van der Waals surface area contributed by atoms with Gasteiger partial charge in [-0.05, 0) is 61.2 Å². The van der Waals surface area contributed by atoms with Gasteiger partial charge in [0.1, 0.15) is 5.75 Å². The molecule has 0 radical (unpaired) electrons. The van der Waals surface area contributed by atoms with Crippen molar-refractivity contribution in [1.29, 1.82) is 0 Å². The molecule has 4 heteroatoms. The second-order valence-electron chi connectivity index (χ2n) is 5.16. The van der Waals surface area contributed by atoms with Crippen LogP contribution in [0.3, 0.4) is 0 Å². The van der Waals surface area contributed by atoms with Gasteiger partial charge in [-0.3, -0.25) is 0 Å². The minimum Gasteiger partial charge on any atom is -0.492 e. The third-order valence-corrected chi connectivity index (χ3v) is 4.29. The summed E-state index contributed by atoms with van der Waals surface area (Å²) in [4.78, 5) is 0. The number of nitrogens with one attached hydrogen (secondary N) is 1. The third-order valence-electron chi connectivity index (χ3n) is 3.76. The summed E-state index contributed by atoms with van der Waals surface area (Å²) in [6.07, 6.45) is 2.12. The van der Waals surface area contributed by atoms with Crippen molar-refractivity contribution < 1.29 is 4.74 Å². The van der Waals surface area contributed by atoms with Crippen LogP contribution in [0.15, 0.2) is 36.4 Å². The van der Waals surface area contributed by atoms with Gasteiger partial charge in [0, 0.05) is 10.7 Å². The Labute approximate surface area is 135 Å². The van der Waals surface area contributed by atoms with E-state index >= 15 is 0 Å². The minimum atomic E-state index is 0.311. The fourth-order valence-electron chi connectivity index (χ4n) is 2.80. The van der Waals surface area contributed by atoms with Gasteiger partial charge < -0.3 is 10.1 Å². The van der Waals surface area contributed by atoms with E-state index in [0.29, 0.717) is 17.7 Å². The predicted molar refractivity (Wildman–Crippen MR) is 88.8 cm³/mol. The van der Waals surface area contributed by atoms with Crippen molar-refractivity contribution in [2.24, 2.45) is 0 Å². The molecule has 110 valence electrons. The van der Waals surface area contributed by atoms with Crippen LogP contribution < -0.4 is 10.1 Å². The molecule has 0 aliphatic heterocycles. The summed E-state index contributed by atoms with van der Waals surface area (Å²) in [5.41, 5.74) is 3.66. The van der Waals surface area contributed by atoms with Crippen LogP contribution in [-0.4, -0.2) is 6.61 Å². The Hall–Kier alpha value is -1.38. The van der Waals surface area contributed by atoms with Gasteiger partial charge in [-0.1, -0.05) is 29.3 Å². The van der Waals surface area contributed by atoms with E-state index in [2.05, 4.69) is 17.4 Å². The Morgan fingerprint density at radius 2 is 2.05 bits per heavy atom. The molecule has 21 heavy (non-hydrogen) atoms. The Balaban J connectivity index is 1.78. The molecule has 0 spiro atoms. The predicted octanol–water partition coefficient (Wildman–Crippen LogP) is 5.49. The highest BCUT2D eigenvalue weighted by atomic mass is 35.5. The number of fused-ring (bicyclic) bond motifs is 1. The maximum Gasteiger partial charge on any atom is 0.138 e. The summed E-state index contributed by atoms with van der Waals surface area (Å²) in [6.45, 7) is 2.56. The van der Waals surface area contributed by atoms with E-state index in [0.717, 1.165) is 29.3 Å². The molecule has 2 nitrogen and oxygen atoms in total. The summed E-state index contributed by atoms with van der Waals surface area (Å²) in [5.74, 6) is 0.725. The standard InChI is InChI=1S/C17H17Cl2NO/c1-2-21-17-8-5-13(10-15(17)19)20-16-7-3-11-9-12(18)4-6-14(11)16/h4-6,8-10,16,20H,2-3,7H2,1H3. The van der Waals surface area contributed by atoms with Gasteiger partial charge in [-0.15, -0.1) is 0 Å². The number of hydrogen-bond acceptors (Lipinski definition) is 2. The zero-order valence-electron chi connectivity index (χ0n) is 11.8. The van der Waals surface area contributed by atoms with Crippen LogP contribution in [0.1, 0.15) is 30.5 Å². The molecule has 2 aromatic carbocycles. The van der Waals surface area contributed by atoms with Crippen LogP contribution >= 0.6 is 23.2 Å². The molecule has 0 saturated heterocycles. The first-order valence-corrected chi connectivity index (χ1v) is 7.90. The lowest BCUT2D eigenvalue weighted by Crippen LogP contribution is -2.07. The molecule has 0 bridgehead atoms. The Morgan fingerprint density at radius 3 is 2.81 bits per heavy atom. The summed E-state index contributed by atoms with van der Waals surface area (Å²) in [7, 11) is 0. The number of hydrogen-bond donors (Lipinski definition) is 1. The van der Waals surface area contributed by atoms with Gasteiger partial charge in [-0.2, -0.15) is 0 Å². The molecule has 0 fully saturated rings. The third kappa shape index (κ3) is 3.12. The number of halogens is 2. The van der Waals surface area contributed by atoms with Crippen LogP contribution in [0.2, 0.25) is 10.0 Å². The highest BCUT2D eigenvalue weighted by Gasteiger charge is 2.22. The number of aryl methyl sites for hydroxylation is 1. The van der Waals surface area contributed by atoms with Gasteiger partial charge in [-0.25, -0.2) is 0 Å². The van der Waals surface area contributed by atoms with Crippen LogP contribution in [0.5, 0.6) is 5.75 Å². The zero-order chi connectivity index (χ0) is 14.8. The van der Waals surface area contributed by atoms with E-state index in [1.54, 1.807) is 0 Å². The quantitative estimate of drug-likeness (QED) is 0.803. The average molecular weight is 322 g/mol. The maximum atomic E-state index is 6.23. The smallest absolute Gasteiger partial charge is 0.138 e. The summed E-state index contributed by atoms with van der Waals surface area (Å²) >= 11 is 12.3. The van der Waals surface area contributed by atoms with Crippen molar-refractivity contribution >= 4 is 28.9 Å². The minimum absolute atomic E-state index is 0.311. The van der Waals surface area contributed by atoms with Gasteiger partial charge in [0.05, 0.1) is 17.7 Å². The van der Waals surface area contributed by atoms with E-state index in [4.69, 9.17) is 27.9 Å². The summed E-state index contributed by atoms with van der Waals surface area (Å²) in [5, 5.41) is 4.98. The van der Waals surface area contributed by atoms with Crippen molar-refractivity contribution in [3.63, 3.8) is 0 Å². The number of ether oxygens (including phenoxy) is 1. The van der Waals surface area contributed by atoms with Crippen molar-refractivity contribution in [2.45, 2.75) is 25.8 Å². The second kappa shape index (κ2) is 6.17. The number of anilines is 1. The molecule has 0 amide bonds. The SMILES string of the molecule is CCOc1ccc(NC2CCc3cc(Cl)ccc32)cc1Cl. The van der Waals surface area contributed by atoms with Gasteiger partial charge in [0.25, 0.3) is 0 Å². The Kier molecular flexibility index (Phi) is 4.27. The largest absolute Gasteiger partial charge is 0.492 e. The summed E-state index contributed by atoms with van der Waals surface area (Å²) in [6, 6.07) is 12.3. The van der Waals surface area contributed by atoms with Gasteiger partial charge in [0.2, 0.25) is 0 Å². The number of benzene rings is 2. The lowest BCUT2D eigenvalue weighted by Gasteiger charge is -2.16. The first-order chi connectivity index (χ1) is 10.2. The molecule has 1 aliphatic rings. The normalized spacial score (nSPS) is 16.6. The van der Waals surface area contributed by atoms with E-state index in [9.17, 15) is 0 Å². The lowest BCUT2D eigenvalue weighted by molar-refractivity contribution is 0.340. The fraction of sp³-hybridized carbons (Fsp3) is 0.294. The van der Waals surface area contributed by atoms with Crippen molar-refractivity contribution in [1.82, 2.24) is 0 Å². The van der Waals surface area contributed by atoms with Crippen molar-refractivity contribution in [3.05, 3.63) is 57.6 Å². The first-order valence-electron chi connectivity index (χ1n) is 7.14. The fourth-order valence-corrected chi connectivity index (χ4v) is 3.23. The molecule has 1 N–H and O–H groups in total. The van der Waals surface area contributed by atoms with E-state index in [-0.39, 0.29) is 0 Å². The molecule has 3 rings (SSSR count). The second-order valence-corrected chi connectivity index (χ2v) is 6.00. The topological polar surface area (TPSA) is 21.3 Å². The van der Waals surface area contributed by atoms with Crippen LogP contribution in [0.25, 0.3) is 0 Å². The molecule has 1 atom stereocenters. The molecule has 2 aromatic rings. The van der Waals surface area contributed by atoms with Crippen LogP contribution in [0, 0.1) is 0 Å². The van der Waals surface area contributed by atoms with E-state index < -0.39 is 0 Å². The molecule has 0 heterocycles. The van der Waals surface area contributed by atoms with Crippen molar-refractivity contribution in [2.75, 3.05) is 11.9 Å². The van der Waals surface area contributed by atoms with Gasteiger partial charge >= 0.3 is 0 Å². The van der Waals surface area contributed by atoms with E-state index in [1.807, 2.05) is 31.2 Å². The molecular formula is C17H17Cl2NO. The Bertz CT molecular complexity index is 657. The molecule has 1 aliphatic carbocycles. The van der Waals surface area contributed by atoms with Crippen molar-refractivity contribution in [3.8, 4) is 5.75 Å². The monoisotopic (exact) mass is 321 g/mol. The zero-order valence-corrected chi connectivity index (χ0v) is 13.3. The average Bonchev–Trinajstić information content (AvgIpc) is 2.84. The molecule has 0 saturated carbocycles. The molecule has 0 aromatic heterocycles. The van der Waals surface area contributed by atoms with Gasteiger partial charge in [0.15, 0.2) is 0 Å². The lowest BCUT2D eigenvalue weighted by atomic mass is 10.1. The highest BCUT2D eigenvalue weighted by molar-refractivity contribution is 6.32. The Morgan fingerprint density at radius 1 is 1.19 bits per heavy atom. The van der Waals surface area contributed by atoms with Crippen LogP contribution in [-0.2, 0) is 6.42 Å². The number of rotatable bonds is 4. The molecular weight excluding hydrogens is 305 g/mol. The molecule has 1 unspecified atom stereocenters. The summed E-state index contributed by atoms with van der Waals surface area (Å²) < 4.78 is 5.46. The van der Waals surface area contributed by atoms with Crippen LogP contribution in [0.4, 0.5) is 5.69 Å². The first kappa shape index (κ1) is 14.6. The maximum absolute atomic E-state index is 6.23.